The largest absolute Gasteiger partial charge is 0.480 e. The number of carboxylic acids is 1. The lowest BCUT2D eigenvalue weighted by molar-refractivity contribution is -0.142. The van der Waals surface area contributed by atoms with Gasteiger partial charge in [0, 0.05) is 6.42 Å². The van der Waals surface area contributed by atoms with E-state index in [0.717, 1.165) is 0 Å². The number of nitrogens with one attached hydrogen (secondary N) is 5. The first-order chi connectivity index (χ1) is 21.4. The zero-order chi connectivity index (χ0) is 35.7. The molecule has 0 saturated heterocycles. The number of aliphatic carboxylic acids is 1. The number of rotatable bonds is 22. The second-order valence-corrected chi connectivity index (χ2v) is 12.4. The van der Waals surface area contributed by atoms with Crippen molar-refractivity contribution in [3.63, 3.8) is 0 Å². The van der Waals surface area contributed by atoms with Gasteiger partial charge in [0.25, 0.3) is 0 Å². The minimum Gasteiger partial charge on any atom is -0.480 e. The van der Waals surface area contributed by atoms with E-state index in [0.29, 0.717) is 25.8 Å². The van der Waals surface area contributed by atoms with E-state index in [9.17, 15) is 38.7 Å². The molecule has 0 radical (unpaired) electrons. The number of primary amides is 1. The summed E-state index contributed by atoms with van der Waals surface area (Å²) in [4.78, 5) is 88.3. The van der Waals surface area contributed by atoms with Crippen molar-refractivity contribution < 1.29 is 38.7 Å². The molecule has 0 rings (SSSR count). The third kappa shape index (κ3) is 15.0. The summed E-state index contributed by atoms with van der Waals surface area (Å²) in [6.07, 6.45) is 1.35. The smallest absolute Gasteiger partial charge is 0.326 e. The van der Waals surface area contributed by atoms with Gasteiger partial charge in [-0.2, -0.15) is 0 Å². The maximum Gasteiger partial charge on any atom is 0.326 e. The van der Waals surface area contributed by atoms with Crippen LogP contribution in [0.1, 0.15) is 87.0 Å². The van der Waals surface area contributed by atoms with Crippen LogP contribution in [0.5, 0.6) is 0 Å². The molecule has 0 aliphatic rings. The molecule has 7 atom stereocenters. The maximum absolute atomic E-state index is 13.3. The number of carbonyl (C=O) groups is 7. The SMILES string of the molecule is CC[C@H](C)[C@H](N)C(=O)N[C@H](C(=O)N[C@@H](C)C(=O)N[C@@H](CCC(N)=O)C(=O)N[C@H](C(=O)N[C@@H](CCCCN)C(=O)O)C(C)C)C(C)C. The van der Waals surface area contributed by atoms with Gasteiger partial charge in [0.1, 0.15) is 30.2 Å². The van der Waals surface area contributed by atoms with Crippen LogP contribution in [-0.2, 0) is 33.6 Å². The van der Waals surface area contributed by atoms with Crippen molar-refractivity contribution in [2.24, 2.45) is 35.0 Å². The molecule has 46 heavy (non-hydrogen) atoms. The lowest BCUT2D eigenvalue weighted by Gasteiger charge is -2.28. The van der Waals surface area contributed by atoms with Gasteiger partial charge in [0.05, 0.1) is 6.04 Å². The second-order valence-electron chi connectivity index (χ2n) is 12.4. The van der Waals surface area contributed by atoms with Gasteiger partial charge in [-0.25, -0.2) is 4.79 Å². The van der Waals surface area contributed by atoms with Gasteiger partial charge < -0.3 is 48.9 Å². The van der Waals surface area contributed by atoms with E-state index in [1.165, 1.54) is 6.92 Å². The van der Waals surface area contributed by atoms with Crippen molar-refractivity contribution in [3.05, 3.63) is 0 Å². The Kier molecular flexibility index (Phi) is 19.4. The first-order valence-electron chi connectivity index (χ1n) is 15.9. The number of hydrogen-bond donors (Lipinski definition) is 9. The Morgan fingerprint density at radius 3 is 1.61 bits per heavy atom. The molecule has 0 saturated carbocycles. The van der Waals surface area contributed by atoms with Crippen molar-refractivity contribution in [1.82, 2.24) is 26.6 Å². The maximum atomic E-state index is 13.3. The average molecular weight is 657 g/mol. The van der Waals surface area contributed by atoms with Crippen LogP contribution in [0.4, 0.5) is 0 Å². The van der Waals surface area contributed by atoms with Crippen LogP contribution in [0.2, 0.25) is 0 Å². The van der Waals surface area contributed by atoms with Crippen LogP contribution >= 0.6 is 0 Å². The van der Waals surface area contributed by atoms with Crippen LogP contribution in [0.3, 0.4) is 0 Å². The number of unbranched alkanes of at least 4 members (excludes halogenated alkanes) is 1. The molecule has 0 unspecified atom stereocenters. The number of nitrogens with two attached hydrogens (primary N) is 3. The molecular formula is C30H56N8O8. The fraction of sp³-hybridized carbons (Fsp3) is 0.767. The monoisotopic (exact) mass is 656 g/mol. The van der Waals surface area contributed by atoms with Gasteiger partial charge in [-0.15, -0.1) is 0 Å². The molecule has 12 N–H and O–H groups in total. The third-order valence-corrected chi connectivity index (χ3v) is 7.68. The van der Waals surface area contributed by atoms with E-state index in [1.807, 2.05) is 13.8 Å². The lowest BCUT2D eigenvalue weighted by atomic mass is 9.97. The summed E-state index contributed by atoms with van der Waals surface area (Å²) in [5.41, 5.74) is 16.7. The minimum atomic E-state index is -1.33. The first-order valence-corrected chi connectivity index (χ1v) is 15.9. The Balaban J connectivity index is 5.71. The molecular weight excluding hydrogens is 600 g/mol. The number of carboxylic acid groups (broad SMARTS) is 1. The number of hydrogen-bond acceptors (Lipinski definition) is 9. The van der Waals surface area contributed by atoms with Gasteiger partial charge in [-0.1, -0.05) is 48.0 Å². The van der Waals surface area contributed by atoms with Crippen LogP contribution in [0.25, 0.3) is 0 Å². The summed E-state index contributed by atoms with van der Waals surface area (Å²) in [6, 6.07) is -6.70. The lowest BCUT2D eigenvalue weighted by Crippen LogP contribution is -2.60. The molecule has 0 aliphatic heterocycles. The van der Waals surface area contributed by atoms with Gasteiger partial charge in [0.15, 0.2) is 0 Å². The van der Waals surface area contributed by atoms with E-state index >= 15 is 0 Å². The highest BCUT2D eigenvalue weighted by Gasteiger charge is 2.33. The van der Waals surface area contributed by atoms with Crippen LogP contribution in [-0.4, -0.2) is 89.3 Å². The van der Waals surface area contributed by atoms with Gasteiger partial charge in [0.2, 0.25) is 35.4 Å². The Hall–Kier alpha value is -3.79. The minimum absolute atomic E-state index is 0.120. The molecule has 0 heterocycles. The van der Waals surface area contributed by atoms with E-state index in [4.69, 9.17) is 17.2 Å². The highest BCUT2D eigenvalue weighted by atomic mass is 16.4. The first kappa shape index (κ1) is 42.2. The van der Waals surface area contributed by atoms with E-state index in [2.05, 4.69) is 26.6 Å². The van der Waals surface area contributed by atoms with Crippen molar-refractivity contribution >= 4 is 41.4 Å². The zero-order valence-corrected chi connectivity index (χ0v) is 28.2. The Morgan fingerprint density at radius 2 is 1.15 bits per heavy atom. The molecule has 6 amide bonds. The fourth-order valence-corrected chi connectivity index (χ4v) is 4.32. The summed E-state index contributed by atoms with van der Waals surface area (Å²) < 4.78 is 0. The Labute approximate surface area is 271 Å². The summed E-state index contributed by atoms with van der Waals surface area (Å²) >= 11 is 0. The van der Waals surface area contributed by atoms with Crippen molar-refractivity contribution in [2.45, 2.75) is 123 Å². The second kappa shape index (κ2) is 21.1. The predicted octanol–water partition coefficient (Wildman–Crippen LogP) is -1.41. The molecule has 0 fully saturated rings. The molecule has 16 heteroatoms. The molecule has 0 bridgehead atoms. The van der Waals surface area contributed by atoms with E-state index in [-0.39, 0.29) is 31.1 Å². The zero-order valence-electron chi connectivity index (χ0n) is 28.2. The van der Waals surface area contributed by atoms with Gasteiger partial charge >= 0.3 is 5.97 Å². The summed E-state index contributed by atoms with van der Waals surface area (Å²) in [6.45, 7) is 12.2. The molecule has 0 aliphatic carbocycles. The molecule has 0 aromatic heterocycles. The summed E-state index contributed by atoms with van der Waals surface area (Å²) in [5, 5.41) is 22.2. The Bertz CT molecular complexity index is 1050. The molecule has 264 valence electrons. The number of amides is 6. The summed E-state index contributed by atoms with van der Waals surface area (Å²) in [5.74, 6) is -6.40. The molecule has 0 spiro atoms. The Morgan fingerprint density at radius 1 is 0.652 bits per heavy atom. The van der Waals surface area contributed by atoms with Gasteiger partial charge in [-0.3, -0.25) is 28.8 Å². The molecule has 0 aromatic carbocycles. The standard InChI is InChI=1S/C30H56N8O8/c1-8-17(6)22(33)27(42)38-23(15(2)3)28(43)34-18(7)25(40)35-19(12-13-21(32)39)26(41)37-24(16(4)5)29(44)36-20(30(45)46)11-9-10-14-31/h15-20,22-24H,8-14,31,33H2,1-7H3,(H2,32,39)(H,34,43)(H,35,40)(H,36,44)(H,37,41)(H,38,42)(H,45,46)/t17-,18-,19-,20-,22-,23-,24-/m0/s1. The predicted molar refractivity (Wildman–Crippen MR) is 171 cm³/mol. The third-order valence-electron chi connectivity index (χ3n) is 7.68. The van der Waals surface area contributed by atoms with Crippen LogP contribution in [0.15, 0.2) is 0 Å². The van der Waals surface area contributed by atoms with Crippen molar-refractivity contribution in [2.75, 3.05) is 6.54 Å². The van der Waals surface area contributed by atoms with Crippen LogP contribution < -0.4 is 43.8 Å². The summed E-state index contributed by atoms with van der Waals surface area (Å²) in [7, 11) is 0. The van der Waals surface area contributed by atoms with Crippen molar-refractivity contribution in [1.29, 1.82) is 0 Å². The molecule has 0 aromatic rings. The molecule has 16 nitrogen and oxygen atoms in total. The van der Waals surface area contributed by atoms with Crippen LogP contribution in [0, 0.1) is 17.8 Å². The van der Waals surface area contributed by atoms with Crippen molar-refractivity contribution in [3.8, 4) is 0 Å². The normalized spacial score (nSPS) is 15.8. The van der Waals surface area contributed by atoms with E-state index < -0.39 is 83.6 Å². The topological polar surface area (TPSA) is 278 Å². The van der Waals surface area contributed by atoms with E-state index in [1.54, 1.807) is 27.7 Å². The number of carbonyl (C=O) groups excluding carboxylic acids is 6. The average Bonchev–Trinajstić information content (AvgIpc) is 2.97. The quantitative estimate of drug-likeness (QED) is 0.0614. The van der Waals surface area contributed by atoms with Gasteiger partial charge in [-0.05, 0) is 56.9 Å². The highest BCUT2D eigenvalue weighted by molar-refractivity contribution is 5.96. The fourth-order valence-electron chi connectivity index (χ4n) is 4.32. The highest BCUT2D eigenvalue weighted by Crippen LogP contribution is 2.10.